The van der Waals surface area contributed by atoms with Crippen molar-refractivity contribution in [2.24, 2.45) is 11.8 Å². The molecular weight excluding hydrogens is 721 g/mol. The van der Waals surface area contributed by atoms with Gasteiger partial charge in [0.15, 0.2) is 5.82 Å². The Morgan fingerprint density at radius 2 is 1.66 bits per heavy atom. The van der Waals surface area contributed by atoms with Crippen LogP contribution in [0.4, 0.5) is 21.6 Å². The summed E-state index contributed by atoms with van der Waals surface area (Å²) >= 11 is 0. The largest absolute Gasteiger partial charge is 0.507 e. The van der Waals surface area contributed by atoms with Gasteiger partial charge < -0.3 is 30.0 Å². The van der Waals surface area contributed by atoms with E-state index < -0.39 is 35.8 Å². The maximum Gasteiger partial charge on any atom is 0.262 e. The molecule has 2 aromatic carbocycles. The minimum absolute atomic E-state index is 0.0484. The van der Waals surface area contributed by atoms with Crippen molar-refractivity contribution in [3.05, 3.63) is 59.7 Å². The second-order valence-electron chi connectivity index (χ2n) is 15.8. The number of hydrogen-bond acceptors (Lipinski definition) is 12. The molecule has 9 rings (SSSR count). The number of piperazine rings is 1. The average Bonchev–Trinajstić information content (AvgIpc) is 3.46. The van der Waals surface area contributed by atoms with E-state index in [4.69, 9.17) is 0 Å². The molecule has 5 amide bonds. The molecule has 0 spiro atoms. The van der Waals surface area contributed by atoms with Crippen molar-refractivity contribution in [1.82, 2.24) is 30.2 Å². The molecule has 4 saturated heterocycles. The van der Waals surface area contributed by atoms with Gasteiger partial charge in [-0.15, -0.1) is 10.2 Å². The van der Waals surface area contributed by atoms with Crippen LogP contribution in [0, 0.1) is 11.8 Å². The maximum absolute atomic E-state index is 15.8. The van der Waals surface area contributed by atoms with Crippen LogP contribution in [0.15, 0.2) is 48.5 Å². The van der Waals surface area contributed by atoms with Gasteiger partial charge in [0.05, 0.1) is 28.6 Å². The Morgan fingerprint density at radius 3 is 2.45 bits per heavy atom. The molecule has 56 heavy (non-hydrogen) atoms. The van der Waals surface area contributed by atoms with Crippen LogP contribution in [0.1, 0.15) is 52.8 Å². The highest BCUT2D eigenvalue weighted by Gasteiger charge is 2.45. The third-order valence-corrected chi connectivity index (χ3v) is 12.5. The monoisotopic (exact) mass is 765 g/mol. The smallest absolute Gasteiger partial charge is 0.262 e. The van der Waals surface area contributed by atoms with Crippen LogP contribution in [0.3, 0.4) is 0 Å². The number of fused-ring (bicyclic) bond motifs is 4. The van der Waals surface area contributed by atoms with E-state index in [-0.39, 0.29) is 60.0 Å². The van der Waals surface area contributed by atoms with Crippen molar-refractivity contribution in [3.8, 4) is 17.0 Å². The van der Waals surface area contributed by atoms with Gasteiger partial charge in [0, 0.05) is 75.3 Å². The molecule has 292 valence electrons. The first-order valence-electron chi connectivity index (χ1n) is 19.6. The Morgan fingerprint density at radius 1 is 0.857 bits per heavy atom. The molecule has 1 unspecified atom stereocenters. The lowest BCUT2D eigenvalue weighted by atomic mass is 9.90. The Hall–Kier alpha value is -5.64. The molecule has 0 saturated carbocycles. The fourth-order valence-electron chi connectivity index (χ4n) is 9.31. The van der Waals surface area contributed by atoms with Crippen molar-refractivity contribution in [2.45, 2.75) is 50.4 Å². The predicted molar refractivity (Wildman–Crippen MR) is 203 cm³/mol. The number of imide groups is 2. The number of nitrogens with one attached hydrogen (secondary N) is 2. The van der Waals surface area contributed by atoms with E-state index in [9.17, 15) is 29.1 Å². The molecule has 0 radical (unpaired) electrons. The number of halogens is 1. The van der Waals surface area contributed by atoms with E-state index in [2.05, 4.69) is 30.6 Å². The minimum Gasteiger partial charge on any atom is -0.507 e. The van der Waals surface area contributed by atoms with Crippen molar-refractivity contribution >= 4 is 46.7 Å². The number of likely N-dealkylation sites (tertiary alicyclic amines) is 1. The molecule has 6 aliphatic rings. The van der Waals surface area contributed by atoms with Crippen LogP contribution in [-0.2, 0) is 14.4 Å². The number of carbonyl (C=O) groups excluding carboxylic acids is 5. The topological polar surface area (TPSA) is 172 Å². The normalized spacial score (nSPS) is 25.7. The number of hydrogen-bond donors (Lipinski definition) is 3. The van der Waals surface area contributed by atoms with E-state index >= 15 is 4.39 Å². The SMILES string of the molecule is O=C1CCC(N2C(=O)c3ccc(N4CC[C@H](CN5CCC(C(=O)N6CCN7c8cc(-c9ccccc9O)nnc8NC[C@H]7C6)CC5)[C@@H](F)C4)cc3C2=O)C(=O)N1. The fourth-order valence-corrected chi connectivity index (χ4v) is 9.31. The number of carbonyl (C=O) groups is 5. The lowest BCUT2D eigenvalue weighted by Crippen LogP contribution is -2.60. The highest BCUT2D eigenvalue weighted by atomic mass is 19.1. The first-order valence-corrected chi connectivity index (χ1v) is 19.6. The van der Waals surface area contributed by atoms with Gasteiger partial charge in [0.25, 0.3) is 11.8 Å². The summed E-state index contributed by atoms with van der Waals surface area (Å²) in [5, 5.41) is 24.7. The van der Waals surface area contributed by atoms with E-state index in [0.29, 0.717) is 68.5 Å². The number of alkyl halides is 1. The standard InChI is InChI=1S/C40H44FN9O6/c41-30-22-47(25-5-6-27-29(17-25)40(56)50(39(27)55)32-7-8-35(52)43-37(32)53)14-11-24(30)20-46-12-9-23(10-13-46)38(54)48-15-16-49-26(21-48)19-42-36-33(49)18-31(44-45-36)28-3-1-2-4-34(28)51/h1-6,17-18,23-24,26,30,32,51H,7-16,19-22H2,(H,42,45)(H,43,52,53)/t24-,26+,30+,32?/m1/s1. The van der Waals surface area contributed by atoms with E-state index in [1.54, 1.807) is 30.3 Å². The van der Waals surface area contributed by atoms with Gasteiger partial charge in [0.1, 0.15) is 18.0 Å². The van der Waals surface area contributed by atoms with Crippen LogP contribution >= 0.6 is 0 Å². The lowest BCUT2D eigenvalue weighted by Gasteiger charge is -2.47. The number of amides is 5. The summed E-state index contributed by atoms with van der Waals surface area (Å²) in [4.78, 5) is 73.7. The zero-order valence-electron chi connectivity index (χ0n) is 30.9. The number of benzene rings is 2. The van der Waals surface area contributed by atoms with Crippen LogP contribution in [-0.4, -0.2) is 137 Å². The van der Waals surface area contributed by atoms with Crippen LogP contribution < -0.4 is 20.4 Å². The maximum atomic E-state index is 15.8. The number of piperidine rings is 3. The number of nitrogens with zero attached hydrogens (tertiary/aromatic N) is 7. The molecule has 0 bridgehead atoms. The molecule has 4 fully saturated rings. The highest BCUT2D eigenvalue weighted by molar-refractivity contribution is 6.23. The number of phenolic OH excluding ortho intramolecular Hbond substituents is 1. The second kappa shape index (κ2) is 14.5. The van der Waals surface area contributed by atoms with Crippen molar-refractivity contribution in [3.63, 3.8) is 0 Å². The van der Waals surface area contributed by atoms with Gasteiger partial charge in [-0.25, -0.2) is 4.39 Å². The zero-order chi connectivity index (χ0) is 38.7. The van der Waals surface area contributed by atoms with Gasteiger partial charge in [-0.1, -0.05) is 12.1 Å². The predicted octanol–water partition coefficient (Wildman–Crippen LogP) is 2.27. The summed E-state index contributed by atoms with van der Waals surface area (Å²) in [5.41, 5.74) is 3.17. The number of aromatic nitrogens is 2. The molecular formula is C40H44FN9O6. The summed E-state index contributed by atoms with van der Waals surface area (Å²) in [6.07, 6.45) is 1.12. The molecule has 4 atom stereocenters. The second-order valence-corrected chi connectivity index (χ2v) is 15.8. The average molecular weight is 766 g/mol. The first-order chi connectivity index (χ1) is 27.1. The zero-order valence-corrected chi connectivity index (χ0v) is 30.9. The Labute approximate surface area is 322 Å². The molecule has 3 N–H and O–H groups in total. The van der Waals surface area contributed by atoms with Crippen LogP contribution in [0.5, 0.6) is 5.75 Å². The molecule has 7 heterocycles. The number of phenols is 1. The number of anilines is 3. The summed E-state index contributed by atoms with van der Waals surface area (Å²) in [5.74, 6) is -1.43. The van der Waals surface area contributed by atoms with Crippen LogP contribution in [0.25, 0.3) is 11.3 Å². The number of para-hydroxylation sites is 1. The van der Waals surface area contributed by atoms with Crippen molar-refractivity contribution in [1.29, 1.82) is 0 Å². The van der Waals surface area contributed by atoms with Crippen LogP contribution in [0.2, 0.25) is 0 Å². The van der Waals surface area contributed by atoms with Gasteiger partial charge in [-0.2, -0.15) is 0 Å². The Balaban J connectivity index is 0.759. The quantitative estimate of drug-likeness (QED) is 0.314. The molecule has 6 aliphatic heterocycles. The Bertz CT molecular complexity index is 2110. The molecule has 0 aliphatic carbocycles. The van der Waals surface area contributed by atoms with Crippen molar-refractivity contribution < 1.29 is 33.5 Å². The molecule has 1 aromatic heterocycles. The first kappa shape index (κ1) is 36.0. The summed E-state index contributed by atoms with van der Waals surface area (Å²) < 4.78 is 15.8. The molecule has 16 heteroatoms. The summed E-state index contributed by atoms with van der Waals surface area (Å²) in [7, 11) is 0. The third-order valence-electron chi connectivity index (χ3n) is 12.5. The van der Waals surface area contributed by atoms with Crippen molar-refractivity contribution in [2.75, 3.05) is 74.0 Å². The molecule has 15 nitrogen and oxygen atoms in total. The highest BCUT2D eigenvalue weighted by Crippen LogP contribution is 2.37. The lowest BCUT2D eigenvalue weighted by molar-refractivity contribution is -0.138. The van der Waals surface area contributed by atoms with E-state index in [1.807, 2.05) is 28.0 Å². The van der Waals surface area contributed by atoms with E-state index in [0.717, 1.165) is 36.5 Å². The summed E-state index contributed by atoms with van der Waals surface area (Å²) in [6, 6.07) is 13.0. The van der Waals surface area contributed by atoms with Gasteiger partial charge >= 0.3 is 0 Å². The molecule has 3 aromatic rings. The summed E-state index contributed by atoms with van der Waals surface area (Å²) in [6.45, 7) is 5.38. The number of aromatic hydroxyl groups is 1. The van der Waals surface area contributed by atoms with Gasteiger partial charge in [-0.05, 0) is 75.2 Å². The van der Waals surface area contributed by atoms with E-state index in [1.165, 1.54) is 0 Å². The fraction of sp³-hybridized carbons (Fsp3) is 0.475. The number of rotatable bonds is 6. The third kappa shape index (κ3) is 6.48. The van der Waals surface area contributed by atoms with Gasteiger partial charge in [0.2, 0.25) is 17.7 Å². The Kier molecular flexibility index (Phi) is 9.30. The van der Waals surface area contributed by atoms with Gasteiger partial charge in [-0.3, -0.25) is 34.2 Å². The minimum atomic E-state index is -1.10.